The lowest BCUT2D eigenvalue weighted by Gasteiger charge is -2.07. The van der Waals surface area contributed by atoms with Crippen molar-refractivity contribution in [1.29, 1.82) is 0 Å². The number of halogens is 2. The fraction of sp³-hybridized carbons (Fsp3) is 0.333. The zero-order valence-corrected chi connectivity index (χ0v) is 7.88. The van der Waals surface area contributed by atoms with Crippen LogP contribution in [0.1, 0.15) is 23.2 Å². The van der Waals surface area contributed by atoms with E-state index in [0.717, 1.165) is 0 Å². The number of carboxylic acids is 1. The molecule has 82 valence electrons. The number of carboxylic acid groups (broad SMARTS) is 1. The summed E-state index contributed by atoms with van der Waals surface area (Å²) in [5.41, 5.74) is -1.09. The zero-order valence-electron chi connectivity index (χ0n) is 7.88. The van der Waals surface area contributed by atoms with Gasteiger partial charge in [-0.2, -0.15) is 0 Å². The van der Waals surface area contributed by atoms with E-state index in [9.17, 15) is 18.4 Å². The fourth-order valence-corrected chi connectivity index (χ4v) is 1.21. The first-order valence-electron chi connectivity index (χ1n) is 4.14. The van der Waals surface area contributed by atoms with Crippen LogP contribution in [0.4, 0.5) is 8.78 Å². The third-order valence-electron chi connectivity index (χ3n) is 1.90. The SMILES string of the molecule is Cc1cc(CC(=O)O)c(C(F)F)[nH]c1=O. The van der Waals surface area contributed by atoms with E-state index in [2.05, 4.69) is 0 Å². The number of alkyl halides is 2. The molecule has 0 aliphatic carbocycles. The van der Waals surface area contributed by atoms with Crippen molar-refractivity contribution < 1.29 is 18.7 Å². The number of carbonyl (C=O) groups is 1. The molecule has 0 fully saturated rings. The highest BCUT2D eigenvalue weighted by Gasteiger charge is 2.17. The van der Waals surface area contributed by atoms with E-state index in [-0.39, 0.29) is 11.1 Å². The lowest BCUT2D eigenvalue weighted by atomic mass is 10.1. The van der Waals surface area contributed by atoms with Gasteiger partial charge in [0, 0.05) is 5.56 Å². The molecule has 0 radical (unpaired) electrons. The predicted octanol–water partition coefficient (Wildman–Crippen LogP) is 1.25. The van der Waals surface area contributed by atoms with Gasteiger partial charge in [-0.1, -0.05) is 0 Å². The molecule has 1 aromatic rings. The molecule has 1 heterocycles. The molecule has 0 atom stereocenters. The molecule has 4 nitrogen and oxygen atoms in total. The van der Waals surface area contributed by atoms with E-state index in [1.54, 1.807) is 0 Å². The molecule has 6 heteroatoms. The van der Waals surface area contributed by atoms with Gasteiger partial charge >= 0.3 is 5.97 Å². The summed E-state index contributed by atoms with van der Waals surface area (Å²) in [5.74, 6) is -1.22. The summed E-state index contributed by atoms with van der Waals surface area (Å²) in [6, 6.07) is 1.18. The molecule has 0 aromatic carbocycles. The minimum atomic E-state index is -2.88. The molecule has 0 saturated carbocycles. The predicted molar refractivity (Wildman–Crippen MR) is 48.1 cm³/mol. The summed E-state index contributed by atoms with van der Waals surface area (Å²) in [4.78, 5) is 23.4. The minimum Gasteiger partial charge on any atom is -0.481 e. The van der Waals surface area contributed by atoms with Gasteiger partial charge in [-0.05, 0) is 18.6 Å². The van der Waals surface area contributed by atoms with Crippen molar-refractivity contribution in [3.8, 4) is 0 Å². The van der Waals surface area contributed by atoms with Crippen LogP contribution in [0.5, 0.6) is 0 Å². The van der Waals surface area contributed by atoms with Gasteiger partial charge < -0.3 is 10.1 Å². The van der Waals surface area contributed by atoms with E-state index in [0.29, 0.717) is 0 Å². The Labute approximate surface area is 83.6 Å². The highest BCUT2D eigenvalue weighted by atomic mass is 19.3. The van der Waals surface area contributed by atoms with Crippen LogP contribution in [-0.2, 0) is 11.2 Å². The number of hydrogen-bond acceptors (Lipinski definition) is 2. The molecular weight excluding hydrogens is 208 g/mol. The average Bonchev–Trinajstić information content (AvgIpc) is 2.09. The summed E-state index contributed by atoms with van der Waals surface area (Å²) in [6.07, 6.45) is -3.41. The van der Waals surface area contributed by atoms with E-state index < -0.39 is 30.1 Å². The topological polar surface area (TPSA) is 70.2 Å². The number of aromatic amines is 1. The maximum atomic E-state index is 12.4. The van der Waals surface area contributed by atoms with E-state index >= 15 is 0 Å². The van der Waals surface area contributed by atoms with Gasteiger partial charge in [-0.25, -0.2) is 8.78 Å². The van der Waals surface area contributed by atoms with Gasteiger partial charge in [0.2, 0.25) is 0 Å². The quantitative estimate of drug-likeness (QED) is 0.800. The summed E-state index contributed by atoms with van der Waals surface area (Å²) < 4.78 is 24.9. The van der Waals surface area contributed by atoms with Crippen LogP contribution < -0.4 is 5.56 Å². The molecule has 15 heavy (non-hydrogen) atoms. The van der Waals surface area contributed by atoms with E-state index in [1.807, 2.05) is 4.98 Å². The Balaban J connectivity index is 3.28. The van der Waals surface area contributed by atoms with Crippen LogP contribution in [0.3, 0.4) is 0 Å². The third-order valence-corrected chi connectivity index (χ3v) is 1.90. The number of aromatic nitrogens is 1. The molecule has 0 spiro atoms. The van der Waals surface area contributed by atoms with Crippen LogP contribution in [0.2, 0.25) is 0 Å². The van der Waals surface area contributed by atoms with Crippen LogP contribution >= 0.6 is 0 Å². The monoisotopic (exact) mass is 217 g/mol. The normalized spacial score (nSPS) is 10.7. The highest BCUT2D eigenvalue weighted by molar-refractivity contribution is 5.70. The van der Waals surface area contributed by atoms with Crippen molar-refractivity contribution in [2.24, 2.45) is 0 Å². The first kappa shape index (κ1) is 11.4. The number of H-pyrrole nitrogens is 1. The van der Waals surface area contributed by atoms with Crippen molar-refractivity contribution in [3.63, 3.8) is 0 Å². The Bertz CT molecular complexity index is 439. The van der Waals surface area contributed by atoms with Crippen molar-refractivity contribution in [1.82, 2.24) is 4.98 Å². The fourth-order valence-electron chi connectivity index (χ4n) is 1.21. The molecule has 1 aromatic heterocycles. The largest absolute Gasteiger partial charge is 0.481 e. The molecule has 0 aliphatic heterocycles. The van der Waals surface area contributed by atoms with Gasteiger partial charge in [-0.15, -0.1) is 0 Å². The van der Waals surface area contributed by atoms with Crippen LogP contribution in [0.15, 0.2) is 10.9 Å². The maximum absolute atomic E-state index is 12.4. The average molecular weight is 217 g/mol. The minimum absolute atomic E-state index is 0.0606. The van der Waals surface area contributed by atoms with Crippen LogP contribution in [0, 0.1) is 6.92 Å². The molecule has 0 aliphatic rings. The molecular formula is C9H9F2NO3. The van der Waals surface area contributed by atoms with Gasteiger partial charge in [0.15, 0.2) is 0 Å². The molecule has 0 saturated heterocycles. The molecule has 2 N–H and O–H groups in total. The number of aryl methyl sites for hydroxylation is 1. The van der Waals surface area contributed by atoms with Crippen molar-refractivity contribution in [3.05, 3.63) is 33.2 Å². The van der Waals surface area contributed by atoms with E-state index in [4.69, 9.17) is 5.11 Å². The number of rotatable bonds is 3. The second-order valence-corrected chi connectivity index (χ2v) is 3.09. The molecule has 1 rings (SSSR count). The lowest BCUT2D eigenvalue weighted by molar-refractivity contribution is -0.136. The first-order valence-corrected chi connectivity index (χ1v) is 4.14. The Hall–Kier alpha value is -1.72. The molecule has 0 unspecified atom stereocenters. The second-order valence-electron chi connectivity index (χ2n) is 3.09. The Morgan fingerprint density at radius 2 is 2.20 bits per heavy atom. The van der Waals surface area contributed by atoms with E-state index in [1.165, 1.54) is 13.0 Å². The summed E-state index contributed by atoms with van der Waals surface area (Å²) >= 11 is 0. The number of nitrogens with one attached hydrogen (secondary N) is 1. The lowest BCUT2D eigenvalue weighted by Crippen LogP contribution is -2.16. The van der Waals surface area contributed by atoms with Crippen molar-refractivity contribution >= 4 is 5.97 Å². The number of aliphatic carboxylic acids is 1. The zero-order chi connectivity index (χ0) is 11.6. The van der Waals surface area contributed by atoms with Gasteiger partial charge in [0.25, 0.3) is 12.0 Å². The first-order chi connectivity index (χ1) is 6.91. The summed E-state index contributed by atoms with van der Waals surface area (Å²) in [5, 5.41) is 8.50. The second kappa shape index (κ2) is 4.20. The standard InChI is InChI=1S/C9H9F2NO3/c1-4-2-5(3-6(13)14)7(8(10)11)12-9(4)15/h2,8H,3H2,1H3,(H,12,15)(H,13,14). The van der Waals surface area contributed by atoms with Gasteiger partial charge in [0.1, 0.15) is 0 Å². The maximum Gasteiger partial charge on any atom is 0.307 e. The summed E-state index contributed by atoms with van der Waals surface area (Å²) in [6.45, 7) is 1.43. The van der Waals surface area contributed by atoms with Gasteiger partial charge in [0.05, 0.1) is 12.1 Å². The Morgan fingerprint density at radius 3 is 2.67 bits per heavy atom. The van der Waals surface area contributed by atoms with Crippen molar-refractivity contribution in [2.45, 2.75) is 19.8 Å². The van der Waals surface area contributed by atoms with Gasteiger partial charge in [-0.3, -0.25) is 9.59 Å². The smallest absolute Gasteiger partial charge is 0.307 e. The molecule has 0 amide bonds. The summed E-state index contributed by atoms with van der Waals surface area (Å²) in [7, 11) is 0. The Kier molecular flexibility index (Phi) is 3.18. The van der Waals surface area contributed by atoms with Crippen LogP contribution in [0.25, 0.3) is 0 Å². The van der Waals surface area contributed by atoms with Crippen molar-refractivity contribution in [2.75, 3.05) is 0 Å². The Morgan fingerprint density at radius 1 is 1.60 bits per heavy atom. The third kappa shape index (κ3) is 2.61. The highest BCUT2D eigenvalue weighted by Crippen LogP contribution is 2.20. The number of pyridine rings is 1. The number of hydrogen-bond donors (Lipinski definition) is 2. The van der Waals surface area contributed by atoms with Crippen LogP contribution in [-0.4, -0.2) is 16.1 Å². The molecule has 0 bridgehead atoms.